The summed E-state index contributed by atoms with van der Waals surface area (Å²) in [6.07, 6.45) is 0. The van der Waals surface area contributed by atoms with Gasteiger partial charge in [0.05, 0.1) is 0 Å². The van der Waals surface area contributed by atoms with Gasteiger partial charge >= 0.3 is 0 Å². The van der Waals surface area contributed by atoms with Crippen molar-refractivity contribution in [2.45, 2.75) is 27.0 Å². The molecule has 0 bridgehead atoms. The monoisotopic (exact) mass is 331 g/mol. The van der Waals surface area contributed by atoms with Crippen LogP contribution in [0.3, 0.4) is 0 Å². The topological polar surface area (TPSA) is 21.3 Å². The Morgan fingerprint density at radius 2 is 1.52 bits per heavy atom. The standard InChI is InChI=1S/C23H25NO/c1-17-12-21(13-18(2)23(17)15-24-3)20-10-7-11-22(14-20)25-16-19-8-5-4-6-9-19/h4-14,24H,15-16H2,1-3H3. The van der Waals surface area contributed by atoms with E-state index in [-0.39, 0.29) is 0 Å². The number of rotatable bonds is 6. The maximum absolute atomic E-state index is 5.97. The molecule has 2 nitrogen and oxygen atoms in total. The Labute approximate surface area is 150 Å². The molecule has 2 heteroatoms. The van der Waals surface area contributed by atoms with Crippen LogP contribution in [0.1, 0.15) is 22.3 Å². The molecule has 0 aliphatic rings. The Kier molecular flexibility index (Phi) is 5.52. The Morgan fingerprint density at radius 3 is 2.20 bits per heavy atom. The van der Waals surface area contributed by atoms with Gasteiger partial charge in [0, 0.05) is 6.54 Å². The maximum atomic E-state index is 5.97. The Balaban J connectivity index is 1.81. The largest absolute Gasteiger partial charge is 0.489 e. The summed E-state index contributed by atoms with van der Waals surface area (Å²) in [6.45, 7) is 5.85. The van der Waals surface area contributed by atoms with E-state index in [0.717, 1.165) is 12.3 Å². The van der Waals surface area contributed by atoms with Crippen LogP contribution in [0.2, 0.25) is 0 Å². The molecule has 1 N–H and O–H groups in total. The fourth-order valence-corrected chi connectivity index (χ4v) is 3.12. The first-order valence-corrected chi connectivity index (χ1v) is 8.69. The third-order valence-electron chi connectivity index (χ3n) is 4.47. The summed E-state index contributed by atoms with van der Waals surface area (Å²) in [5.74, 6) is 0.899. The summed E-state index contributed by atoms with van der Waals surface area (Å²) >= 11 is 0. The molecule has 0 saturated carbocycles. The molecule has 0 aliphatic heterocycles. The van der Waals surface area contributed by atoms with Gasteiger partial charge in [-0.15, -0.1) is 0 Å². The van der Waals surface area contributed by atoms with E-state index in [1.807, 2.05) is 31.3 Å². The third kappa shape index (κ3) is 4.28. The first-order chi connectivity index (χ1) is 12.2. The molecule has 0 aromatic heterocycles. The van der Waals surface area contributed by atoms with Crippen molar-refractivity contribution < 1.29 is 4.74 Å². The summed E-state index contributed by atoms with van der Waals surface area (Å²) in [4.78, 5) is 0. The average molecular weight is 331 g/mol. The van der Waals surface area contributed by atoms with E-state index in [9.17, 15) is 0 Å². The van der Waals surface area contributed by atoms with E-state index in [4.69, 9.17) is 4.74 Å². The number of ether oxygens (including phenoxy) is 1. The number of benzene rings is 3. The Morgan fingerprint density at radius 1 is 0.800 bits per heavy atom. The van der Waals surface area contributed by atoms with Crippen LogP contribution < -0.4 is 10.1 Å². The molecule has 0 saturated heterocycles. The van der Waals surface area contributed by atoms with Crippen molar-refractivity contribution in [1.82, 2.24) is 5.32 Å². The van der Waals surface area contributed by atoms with Crippen LogP contribution >= 0.6 is 0 Å². The zero-order valence-electron chi connectivity index (χ0n) is 15.2. The molecule has 0 radical (unpaired) electrons. The Bertz CT molecular complexity index is 817. The van der Waals surface area contributed by atoms with E-state index >= 15 is 0 Å². The van der Waals surface area contributed by atoms with Crippen LogP contribution in [0.5, 0.6) is 5.75 Å². The van der Waals surface area contributed by atoms with Gasteiger partial charge in [0.1, 0.15) is 12.4 Å². The molecule has 0 aliphatic carbocycles. The zero-order valence-corrected chi connectivity index (χ0v) is 15.2. The molecule has 0 spiro atoms. The first-order valence-electron chi connectivity index (χ1n) is 8.69. The smallest absolute Gasteiger partial charge is 0.120 e. The van der Waals surface area contributed by atoms with Gasteiger partial charge in [-0.05, 0) is 66.4 Å². The quantitative estimate of drug-likeness (QED) is 0.664. The average Bonchev–Trinajstić information content (AvgIpc) is 2.64. The van der Waals surface area contributed by atoms with Crippen molar-refractivity contribution in [2.75, 3.05) is 7.05 Å². The highest BCUT2D eigenvalue weighted by Gasteiger charge is 2.07. The highest BCUT2D eigenvalue weighted by atomic mass is 16.5. The van der Waals surface area contributed by atoms with Crippen LogP contribution in [0, 0.1) is 13.8 Å². The molecule has 128 valence electrons. The zero-order chi connectivity index (χ0) is 17.6. The fourth-order valence-electron chi connectivity index (χ4n) is 3.12. The van der Waals surface area contributed by atoms with E-state index in [1.54, 1.807) is 0 Å². The lowest BCUT2D eigenvalue weighted by Gasteiger charge is -2.13. The first kappa shape index (κ1) is 17.2. The van der Waals surface area contributed by atoms with E-state index in [1.165, 1.54) is 33.4 Å². The highest BCUT2D eigenvalue weighted by Crippen LogP contribution is 2.28. The molecule has 0 amide bonds. The molecule has 25 heavy (non-hydrogen) atoms. The lowest BCUT2D eigenvalue weighted by Crippen LogP contribution is -2.08. The summed E-state index contributed by atoms with van der Waals surface area (Å²) in [5, 5.41) is 3.25. The van der Waals surface area contributed by atoms with Gasteiger partial charge in [0.25, 0.3) is 0 Å². The van der Waals surface area contributed by atoms with Gasteiger partial charge in [-0.3, -0.25) is 0 Å². The molecule has 0 atom stereocenters. The molecule has 3 aromatic carbocycles. The van der Waals surface area contributed by atoms with Crippen molar-refractivity contribution in [3.05, 3.63) is 89.0 Å². The molecule has 3 aromatic rings. The van der Waals surface area contributed by atoms with Gasteiger partial charge in [0.2, 0.25) is 0 Å². The van der Waals surface area contributed by atoms with Crippen molar-refractivity contribution in [1.29, 1.82) is 0 Å². The molecule has 0 fully saturated rings. The van der Waals surface area contributed by atoms with E-state index in [0.29, 0.717) is 6.61 Å². The maximum Gasteiger partial charge on any atom is 0.120 e. The highest BCUT2D eigenvalue weighted by molar-refractivity contribution is 5.67. The summed E-state index contributed by atoms with van der Waals surface area (Å²) in [6, 6.07) is 23.1. The van der Waals surface area contributed by atoms with E-state index in [2.05, 4.69) is 61.6 Å². The molecule has 3 rings (SSSR count). The fraction of sp³-hybridized carbons (Fsp3) is 0.217. The van der Waals surface area contributed by atoms with E-state index < -0.39 is 0 Å². The SMILES string of the molecule is CNCc1c(C)cc(-c2cccc(OCc3ccccc3)c2)cc1C. The van der Waals surface area contributed by atoms with Gasteiger partial charge in [-0.2, -0.15) is 0 Å². The summed E-state index contributed by atoms with van der Waals surface area (Å²) in [5.41, 5.74) is 7.62. The van der Waals surface area contributed by atoms with Gasteiger partial charge in [-0.1, -0.05) is 54.6 Å². The second-order valence-corrected chi connectivity index (χ2v) is 6.42. The normalized spacial score (nSPS) is 10.7. The summed E-state index contributed by atoms with van der Waals surface area (Å²) < 4.78 is 5.97. The van der Waals surface area contributed by atoms with Crippen molar-refractivity contribution in [2.24, 2.45) is 0 Å². The van der Waals surface area contributed by atoms with Crippen LogP contribution in [0.4, 0.5) is 0 Å². The minimum absolute atomic E-state index is 0.587. The van der Waals surface area contributed by atoms with Crippen LogP contribution in [0.15, 0.2) is 66.7 Å². The Hall–Kier alpha value is -2.58. The van der Waals surface area contributed by atoms with Gasteiger partial charge in [0.15, 0.2) is 0 Å². The van der Waals surface area contributed by atoms with Crippen LogP contribution in [0.25, 0.3) is 11.1 Å². The number of aryl methyl sites for hydroxylation is 2. The van der Waals surface area contributed by atoms with Crippen LogP contribution in [-0.4, -0.2) is 7.05 Å². The van der Waals surface area contributed by atoms with Crippen LogP contribution in [-0.2, 0) is 13.2 Å². The lowest BCUT2D eigenvalue weighted by atomic mass is 9.95. The number of hydrogen-bond acceptors (Lipinski definition) is 2. The number of nitrogens with one attached hydrogen (secondary N) is 1. The molecule has 0 heterocycles. The summed E-state index contributed by atoms with van der Waals surface area (Å²) in [7, 11) is 1.99. The minimum Gasteiger partial charge on any atom is -0.489 e. The predicted molar refractivity (Wildman–Crippen MR) is 105 cm³/mol. The number of hydrogen-bond donors (Lipinski definition) is 1. The second-order valence-electron chi connectivity index (χ2n) is 6.42. The van der Waals surface area contributed by atoms with Crippen molar-refractivity contribution in [3.63, 3.8) is 0 Å². The third-order valence-corrected chi connectivity index (χ3v) is 4.47. The van der Waals surface area contributed by atoms with Crippen molar-refractivity contribution in [3.8, 4) is 16.9 Å². The predicted octanol–water partition coefficient (Wildman–Crippen LogP) is 5.27. The minimum atomic E-state index is 0.587. The second kappa shape index (κ2) is 8.00. The molecular formula is C23H25NO. The lowest BCUT2D eigenvalue weighted by molar-refractivity contribution is 0.306. The van der Waals surface area contributed by atoms with Crippen molar-refractivity contribution >= 4 is 0 Å². The van der Waals surface area contributed by atoms with Gasteiger partial charge < -0.3 is 10.1 Å². The molecular weight excluding hydrogens is 306 g/mol. The molecule has 0 unspecified atom stereocenters. The van der Waals surface area contributed by atoms with Gasteiger partial charge in [-0.25, -0.2) is 0 Å².